The molecule has 2 aliphatic rings. The van der Waals surface area contributed by atoms with Crippen LogP contribution >= 0.6 is 15.9 Å². The molecule has 1 heterocycles. The van der Waals surface area contributed by atoms with Crippen molar-refractivity contribution < 1.29 is 49.5 Å². The molecule has 1 saturated carbocycles. The molecule has 2 N–H and O–H groups in total. The minimum atomic E-state index is -5.80. The molecule has 2 atom stereocenters. The summed E-state index contributed by atoms with van der Waals surface area (Å²) in [7, 11) is -5.58. The van der Waals surface area contributed by atoms with E-state index in [-0.39, 0.29) is 31.0 Å². The van der Waals surface area contributed by atoms with E-state index < -0.39 is 61.0 Å². The number of carbonyl (C=O) groups is 2. The smallest absolute Gasteiger partial charge is 0.490 e. The van der Waals surface area contributed by atoms with Crippen molar-refractivity contribution in [3.8, 4) is 5.75 Å². The topological polar surface area (TPSA) is 119 Å². The number of sulfonamides is 1. The molecule has 0 spiro atoms. The Morgan fingerprint density at radius 3 is 2.19 bits per heavy atom. The number of fused-ring (bicyclic) bond motifs is 1. The predicted octanol–water partition coefficient (Wildman–Crippen LogP) is 6.05. The molecule has 5 rings (SSSR count). The third-order valence-electron chi connectivity index (χ3n) is 8.11. The SMILES string of the molecule is N[C@H]1CCCN(C(=O)[C@@H](N(OC(=O)C(F)(F)F)S(=O)(=O)c2ccc3cc(OC4CCCC4)ccc3c2)C(F)(F)c2ccc(Br)cc2)C1. The Kier molecular flexibility index (Phi) is 10.2. The lowest BCUT2D eigenvalue weighted by molar-refractivity contribution is -0.239. The Bertz CT molecular complexity index is 1740. The van der Waals surface area contributed by atoms with Gasteiger partial charge < -0.3 is 20.2 Å². The molecule has 3 aromatic carbocycles. The van der Waals surface area contributed by atoms with E-state index in [0.717, 1.165) is 54.8 Å². The van der Waals surface area contributed by atoms with Crippen LogP contribution in [0.15, 0.2) is 70.0 Å². The van der Waals surface area contributed by atoms with Crippen molar-refractivity contribution in [2.75, 3.05) is 13.1 Å². The maximum Gasteiger partial charge on any atom is 0.492 e. The summed E-state index contributed by atoms with van der Waals surface area (Å²) >= 11 is 3.10. The van der Waals surface area contributed by atoms with Gasteiger partial charge in [-0.25, -0.2) is 13.2 Å². The van der Waals surface area contributed by atoms with Gasteiger partial charge in [-0.1, -0.05) is 40.2 Å². The van der Waals surface area contributed by atoms with Gasteiger partial charge in [0.2, 0.25) is 6.04 Å². The van der Waals surface area contributed by atoms with Gasteiger partial charge in [0.25, 0.3) is 15.9 Å². The molecule has 1 aliphatic heterocycles. The maximum atomic E-state index is 16.5. The molecule has 1 aliphatic carbocycles. The predicted molar refractivity (Wildman–Crippen MR) is 164 cm³/mol. The van der Waals surface area contributed by atoms with Gasteiger partial charge in [-0.3, -0.25) is 4.79 Å². The number of ether oxygens (including phenoxy) is 1. The number of halogens is 6. The highest BCUT2D eigenvalue weighted by molar-refractivity contribution is 9.10. The average molecular weight is 749 g/mol. The lowest BCUT2D eigenvalue weighted by Gasteiger charge is -2.38. The van der Waals surface area contributed by atoms with E-state index in [2.05, 4.69) is 20.8 Å². The number of piperidine rings is 1. The summed E-state index contributed by atoms with van der Waals surface area (Å²) in [4.78, 5) is 30.3. The van der Waals surface area contributed by atoms with Crippen LogP contribution in [0.25, 0.3) is 10.8 Å². The number of nitrogens with two attached hydrogens (primary N) is 1. The normalized spacial score (nSPS) is 18.8. The second-order valence-corrected chi connectivity index (χ2v) is 14.2. The molecular formula is C31H31BrF5N3O6S. The van der Waals surface area contributed by atoms with Gasteiger partial charge >= 0.3 is 18.1 Å². The van der Waals surface area contributed by atoms with E-state index in [1.807, 2.05) is 0 Å². The summed E-state index contributed by atoms with van der Waals surface area (Å²) < 4.78 is 107. The Hall–Kier alpha value is -3.34. The second kappa shape index (κ2) is 13.6. The van der Waals surface area contributed by atoms with Gasteiger partial charge in [-0.15, -0.1) is 0 Å². The van der Waals surface area contributed by atoms with E-state index in [4.69, 9.17) is 10.5 Å². The first kappa shape index (κ1) is 35.0. The van der Waals surface area contributed by atoms with Gasteiger partial charge in [0, 0.05) is 29.2 Å². The Morgan fingerprint density at radius 2 is 1.55 bits per heavy atom. The van der Waals surface area contributed by atoms with Crippen molar-refractivity contribution in [3.63, 3.8) is 0 Å². The molecule has 47 heavy (non-hydrogen) atoms. The highest BCUT2D eigenvalue weighted by Crippen LogP contribution is 2.40. The number of hydroxylamine groups is 1. The van der Waals surface area contributed by atoms with Crippen molar-refractivity contribution in [1.29, 1.82) is 0 Å². The molecular weight excluding hydrogens is 717 g/mol. The third-order valence-corrected chi connectivity index (χ3v) is 10.3. The van der Waals surface area contributed by atoms with Crippen LogP contribution in [-0.4, -0.2) is 67.1 Å². The molecule has 0 unspecified atom stereocenters. The molecule has 254 valence electrons. The molecule has 3 aromatic rings. The molecule has 1 saturated heterocycles. The zero-order chi connectivity index (χ0) is 34.1. The maximum absolute atomic E-state index is 16.5. The average Bonchev–Trinajstić information content (AvgIpc) is 3.53. The first-order chi connectivity index (χ1) is 22.1. The molecule has 1 amide bonds. The summed E-state index contributed by atoms with van der Waals surface area (Å²) in [6, 6.07) is 8.14. The lowest BCUT2D eigenvalue weighted by atomic mass is 9.98. The first-order valence-corrected chi connectivity index (χ1v) is 17.0. The highest BCUT2D eigenvalue weighted by Gasteiger charge is 2.58. The van der Waals surface area contributed by atoms with E-state index in [1.165, 1.54) is 24.3 Å². The van der Waals surface area contributed by atoms with Crippen LogP contribution in [0.2, 0.25) is 0 Å². The molecule has 0 bridgehead atoms. The van der Waals surface area contributed by atoms with Gasteiger partial charge in [0.05, 0.1) is 11.0 Å². The molecule has 0 aromatic heterocycles. The highest BCUT2D eigenvalue weighted by atomic mass is 79.9. The number of likely N-dealkylation sites (tertiary alicyclic amines) is 1. The quantitative estimate of drug-likeness (QED) is 0.209. The number of benzene rings is 3. The Labute approximate surface area is 275 Å². The van der Waals surface area contributed by atoms with Crippen LogP contribution in [0.4, 0.5) is 22.0 Å². The second-order valence-electron chi connectivity index (χ2n) is 11.6. The standard InChI is InChI=1S/C31H31BrF5N3O6S/c32-22-11-9-21(10-12-22)30(33,34)27(28(41)39-15-3-4-23(38)18-39)40(46-29(42)31(35,36)37)47(43,44)26-14-8-19-16-25(13-7-20(19)17-26)45-24-5-1-2-6-24/h7-14,16-17,23-24,27H,1-6,15,18,38H2/t23-,27+/m0/s1. The number of hydrogen-bond donors (Lipinski definition) is 1. The third kappa shape index (κ3) is 7.71. The monoisotopic (exact) mass is 747 g/mol. The van der Waals surface area contributed by atoms with Crippen LogP contribution in [0.3, 0.4) is 0 Å². The Morgan fingerprint density at radius 1 is 0.915 bits per heavy atom. The van der Waals surface area contributed by atoms with Crippen molar-refractivity contribution in [2.24, 2.45) is 5.73 Å². The van der Waals surface area contributed by atoms with Crippen LogP contribution in [-0.2, 0) is 30.4 Å². The van der Waals surface area contributed by atoms with Gasteiger partial charge in [0.1, 0.15) is 5.75 Å². The van der Waals surface area contributed by atoms with Crippen molar-refractivity contribution in [3.05, 3.63) is 70.7 Å². The number of rotatable bonds is 9. The lowest BCUT2D eigenvalue weighted by Crippen LogP contribution is -2.60. The van der Waals surface area contributed by atoms with E-state index in [0.29, 0.717) is 22.0 Å². The summed E-state index contributed by atoms with van der Waals surface area (Å²) in [5.41, 5.74) is 5.02. The summed E-state index contributed by atoms with van der Waals surface area (Å²) in [5.74, 6) is -8.71. The fourth-order valence-electron chi connectivity index (χ4n) is 5.70. The number of alkyl halides is 5. The number of nitrogens with zero attached hydrogens (tertiary/aromatic N) is 2. The summed E-state index contributed by atoms with van der Waals surface area (Å²) in [6.07, 6.45) is -1.26. The molecule has 16 heteroatoms. The fraction of sp³-hybridized carbons (Fsp3) is 0.419. The van der Waals surface area contributed by atoms with Crippen molar-refractivity contribution in [2.45, 2.75) is 73.7 Å². The first-order valence-electron chi connectivity index (χ1n) is 14.8. The minimum absolute atomic E-state index is 0.0281. The molecule has 2 fully saturated rings. The van der Waals surface area contributed by atoms with E-state index in [1.54, 1.807) is 12.1 Å². The van der Waals surface area contributed by atoms with Crippen molar-refractivity contribution >= 4 is 48.6 Å². The van der Waals surface area contributed by atoms with Crippen LogP contribution < -0.4 is 10.5 Å². The van der Waals surface area contributed by atoms with E-state index >= 15 is 8.78 Å². The summed E-state index contributed by atoms with van der Waals surface area (Å²) in [6.45, 7) is -0.421. The van der Waals surface area contributed by atoms with Gasteiger partial charge in [0.15, 0.2) is 0 Å². The van der Waals surface area contributed by atoms with E-state index in [9.17, 15) is 31.2 Å². The van der Waals surface area contributed by atoms with Gasteiger partial charge in [-0.2, -0.15) is 22.0 Å². The zero-order valence-corrected chi connectivity index (χ0v) is 27.2. The Balaban J connectivity index is 1.61. The number of hydrogen-bond acceptors (Lipinski definition) is 7. The fourth-order valence-corrected chi connectivity index (χ4v) is 7.36. The van der Waals surface area contributed by atoms with Crippen LogP contribution in [0, 0.1) is 0 Å². The number of carbonyl (C=O) groups excluding carboxylic acids is 2. The molecule has 9 nitrogen and oxygen atoms in total. The molecule has 0 radical (unpaired) electrons. The van der Waals surface area contributed by atoms with Crippen LogP contribution in [0.5, 0.6) is 5.75 Å². The minimum Gasteiger partial charge on any atom is -0.490 e. The van der Waals surface area contributed by atoms with Crippen molar-refractivity contribution in [1.82, 2.24) is 9.37 Å². The summed E-state index contributed by atoms with van der Waals surface area (Å²) in [5, 5.41) is 0.741. The largest absolute Gasteiger partial charge is 0.492 e. The van der Waals surface area contributed by atoms with Gasteiger partial charge in [-0.05, 0) is 90.2 Å². The van der Waals surface area contributed by atoms with Crippen LogP contribution in [0.1, 0.15) is 44.1 Å². The zero-order valence-electron chi connectivity index (χ0n) is 24.8. The number of amides is 1.